The van der Waals surface area contributed by atoms with Gasteiger partial charge in [0.25, 0.3) is 0 Å². The Kier molecular flexibility index (Phi) is 6.27. The number of halogens is 5. The van der Waals surface area contributed by atoms with Crippen LogP contribution in [0.4, 0.5) is 22.0 Å². The molecular formula is C24H21F5N2O5. The van der Waals surface area contributed by atoms with E-state index < -0.39 is 64.1 Å². The van der Waals surface area contributed by atoms with Gasteiger partial charge in [0.05, 0.1) is 30.8 Å². The lowest BCUT2D eigenvalue weighted by Crippen LogP contribution is -2.46. The summed E-state index contributed by atoms with van der Waals surface area (Å²) in [6.45, 7) is 2.05. The monoisotopic (exact) mass is 512 g/mol. The first kappa shape index (κ1) is 25.5. The molecule has 0 radical (unpaired) electrons. The van der Waals surface area contributed by atoms with E-state index in [1.54, 1.807) is 0 Å². The molecule has 0 amide bonds. The fourth-order valence-corrected chi connectivity index (χ4v) is 4.73. The van der Waals surface area contributed by atoms with E-state index in [9.17, 15) is 31.5 Å². The normalized spacial score (nSPS) is 24.2. The molecule has 1 aliphatic rings. The first-order valence-corrected chi connectivity index (χ1v) is 10.7. The summed E-state index contributed by atoms with van der Waals surface area (Å²) in [5, 5.41) is -0.00626. The van der Waals surface area contributed by atoms with Gasteiger partial charge in [0.1, 0.15) is 11.7 Å². The van der Waals surface area contributed by atoms with Crippen molar-refractivity contribution in [3.63, 3.8) is 0 Å². The molecule has 1 aromatic carbocycles. The number of hydrogen-bond acceptors (Lipinski definition) is 6. The maximum absolute atomic E-state index is 14.6. The summed E-state index contributed by atoms with van der Waals surface area (Å²) in [4.78, 5) is 32.6. The van der Waals surface area contributed by atoms with Crippen LogP contribution in [-0.4, -0.2) is 41.9 Å². The highest BCUT2D eigenvalue weighted by molar-refractivity contribution is 5.95. The van der Waals surface area contributed by atoms with Crippen LogP contribution in [0.15, 0.2) is 35.4 Å². The standard InChI is InChI=1S/C24H21F5N2O5/c1-10-15(11-5-6-13(25)17(26)20(11)34-3)21(36-23(10,2)24(27,28)29)18-16(22(33)35-4)19(32)12-9-30-8-7-14(12)31-18/h5-10,15,21H,1-4H3,(H,31,32)/t10-,15-,21+,23+/m0/s1. The molecule has 0 bridgehead atoms. The number of nitrogens with zero attached hydrogens (tertiary/aromatic N) is 1. The molecule has 4 atom stereocenters. The van der Waals surface area contributed by atoms with Crippen molar-refractivity contribution in [2.45, 2.75) is 37.6 Å². The number of alkyl halides is 3. The summed E-state index contributed by atoms with van der Waals surface area (Å²) in [5.74, 6) is -7.13. The van der Waals surface area contributed by atoms with E-state index in [-0.39, 0.29) is 22.2 Å². The second kappa shape index (κ2) is 8.84. The van der Waals surface area contributed by atoms with Gasteiger partial charge in [-0.05, 0) is 19.1 Å². The molecule has 1 saturated heterocycles. The van der Waals surface area contributed by atoms with Gasteiger partial charge in [-0.15, -0.1) is 0 Å². The highest BCUT2D eigenvalue weighted by Crippen LogP contribution is 2.59. The Bertz CT molecular complexity index is 1410. The lowest BCUT2D eigenvalue weighted by atomic mass is 9.76. The Balaban J connectivity index is 2.07. The van der Waals surface area contributed by atoms with Crippen LogP contribution in [0.2, 0.25) is 0 Å². The molecule has 12 heteroatoms. The van der Waals surface area contributed by atoms with E-state index in [4.69, 9.17) is 14.2 Å². The van der Waals surface area contributed by atoms with E-state index in [0.717, 1.165) is 33.3 Å². The lowest BCUT2D eigenvalue weighted by molar-refractivity contribution is -0.275. The zero-order valence-corrected chi connectivity index (χ0v) is 19.5. The number of aromatic nitrogens is 2. The maximum atomic E-state index is 14.6. The van der Waals surface area contributed by atoms with Gasteiger partial charge in [-0.3, -0.25) is 9.78 Å². The van der Waals surface area contributed by atoms with Crippen LogP contribution in [0.3, 0.4) is 0 Å². The van der Waals surface area contributed by atoms with E-state index in [0.29, 0.717) is 0 Å². The molecule has 3 aromatic rings. The number of ether oxygens (including phenoxy) is 3. The van der Waals surface area contributed by atoms with Gasteiger partial charge in [0.2, 0.25) is 11.2 Å². The Hall–Kier alpha value is -3.54. The Morgan fingerprint density at radius 1 is 1.19 bits per heavy atom. The third-order valence-corrected chi connectivity index (χ3v) is 6.82. The highest BCUT2D eigenvalue weighted by atomic mass is 19.4. The van der Waals surface area contributed by atoms with Crippen LogP contribution in [0.1, 0.15) is 47.5 Å². The predicted molar refractivity (Wildman–Crippen MR) is 117 cm³/mol. The summed E-state index contributed by atoms with van der Waals surface area (Å²) < 4.78 is 86.8. The molecule has 4 rings (SSSR count). The molecule has 2 aromatic heterocycles. The number of methoxy groups -OCH3 is 2. The molecule has 1 N–H and O–H groups in total. The van der Waals surface area contributed by atoms with Gasteiger partial charge >= 0.3 is 12.1 Å². The molecule has 36 heavy (non-hydrogen) atoms. The number of pyridine rings is 2. The number of carbonyl (C=O) groups is 1. The van der Waals surface area contributed by atoms with Crippen molar-refractivity contribution in [1.82, 2.24) is 9.97 Å². The molecule has 0 aliphatic carbocycles. The maximum Gasteiger partial charge on any atom is 0.417 e. The number of carbonyl (C=O) groups excluding carboxylic acids is 1. The topological polar surface area (TPSA) is 90.5 Å². The van der Waals surface area contributed by atoms with E-state index in [1.807, 2.05) is 0 Å². The van der Waals surface area contributed by atoms with Crippen molar-refractivity contribution < 1.29 is 41.0 Å². The minimum Gasteiger partial charge on any atom is -0.493 e. The summed E-state index contributed by atoms with van der Waals surface area (Å²) in [5.41, 5.74) is -4.49. The van der Waals surface area contributed by atoms with Gasteiger partial charge < -0.3 is 19.2 Å². The first-order chi connectivity index (χ1) is 16.9. The van der Waals surface area contributed by atoms with Gasteiger partial charge in [0, 0.05) is 29.8 Å². The van der Waals surface area contributed by atoms with Crippen LogP contribution in [0, 0.1) is 17.6 Å². The second-order valence-corrected chi connectivity index (χ2v) is 8.60. The van der Waals surface area contributed by atoms with Gasteiger partial charge in [-0.1, -0.05) is 13.0 Å². The van der Waals surface area contributed by atoms with E-state index >= 15 is 0 Å². The SMILES string of the molecule is COC(=O)c1c([C@@H]2O[C@@](C)(C(F)(F)F)[C@@H](C)[C@H]2c2ccc(F)c(F)c2OC)[nH]c2ccncc2c1=O. The Labute approximate surface area is 201 Å². The number of rotatable bonds is 4. The van der Waals surface area contributed by atoms with Crippen molar-refractivity contribution in [2.24, 2.45) is 5.92 Å². The summed E-state index contributed by atoms with van der Waals surface area (Å²) in [6.07, 6.45) is -4.01. The summed E-state index contributed by atoms with van der Waals surface area (Å²) in [7, 11) is 2.05. The van der Waals surface area contributed by atoms with Crippen molar-refractivity contribution >= 4 is 16.9 Å². The average Bonchev–Trinajstić information content (AvgIpc) is 3.11. The molecule has 1 aliphatic heterocycles. The third-order valence-electron chi connectivity index (χ3n) is 6.82. The van der Waals surface area contributed by atoms with E-state index in [2.05, 4.69) is 9.97 Å². The Morgan fingerprint density at radius 2 is 1.89 bits per heavy atom. The second-order valence-electron chi connectivity index (χ2n) is 8.60. The fourth-order valence-electron chi connectivity index (χ4n) is 4.73. The van der Waals surface area contributed by atoms with Crippen LogP contribution in [0.25, 0.3) is 10.9 Å². The quantitative estimate of drug-likeness (QED) is 0.399. The molecular weight excluding hydrogens is 491 g/mol. The molecule has 0 spiro atoms. The van der Waals surface area contributed by atoms with Crippen LogP contribution in [-0.2, 0) is 9.47 Å². The molecule has 3 heterocycles. The minimum absolute atomic E-state index is 0.00626. The average molecular weight is 512 g/mol. The number of fused-ring (bicyclic) bond motifs is 1. The molecule has 1 fully saturated rings. The molecule has 0 unspecified atom stereocenters. The van der Waals surface area contributed by atoms with Crippen molar-refractivity contribution in [1.29, 1.82) is 0 Å². The fraction of sp³-hybridized carbons (Fsp3) is 0.375. The number of hydrogen-bond donors (Lipinski definition) is 1. The summed E-state index contributed by atoms with van der Waals surface area (Å²) >= 11 is 0. The third kappa shape index (κ3) is 3.71. The number of benzene rings is 1. The smallest absolute Gasteiger partial charge is 0.417 e. The van der Waals surface area contributed by atoms with Gasteiger partial charge in [-0.25, -0.2) is 9.18 Å². The van der Waals surface area contributed by atoms with Crippen LogP contribution in [0.5, 0.6) is 5.75 Å². The Morgan fingerprint density at radius 3 is 2.50 bits per heavy atom. The largest absolute Gasteiger partial charge is 0.493 e. The number of aromatic amines is 1. The van der Waals surface area contributed by atoms with Crippen molar-refractivity contribution in [2.75, 3.05) is 14.2 Å². The van der Waals surface area contributed by atoms with Crippen LogP contribution < -0.4 is 10.2 Å². The van der Waals surface area contributed by atoms with Gasteiger partial charge in [-0.2, -0.15) is 17.6 Å². The summed E-state index contributed by atoms with van der Waals surface area (Å²) in [6, 6.07) is 3.25. The molecule has 192 valence electrons. The predicted octanol–water partition coefficient (Wildman–Crippen LogP) is 4.81. The van der Waals surface area contributed by atoms with Crippen LogP contribution >= 0.6 is 0 Å². The molecule has 7 nitrogen and oxygen atoms in total. The highest BCUT2D eigenvalue weighted by Gasteiger charge is 2.65. The lowest BCUT2D eigenvalue weighted by Gasteiger charge is -2.32. The van der Waals surface area contributed by atoms with Crippen molar-refractivity contribution in [3.05, 3.63) is 69.3 Å². The van der Waals surface area contributed by atoms with E-state index in [1.165, 1.54) is 25.4 Å². The zero-order valence-electron chi connectivity index (χ0n) is 19.5. The number of esters is 1. The van der Waals surface area contributed by atoms with Crippen molar-refractivity contribution in [3.8, 4) is 5.75 Å². The number of H-pyrrole nitrogens is 1. The minimum atomic E-state index is -4.91. The van der Waals surface area contributed by atoms with Gasteiger partial charge in [0.15, 0.2) is 17.2 Å². The molecule has 0 saturated carbocycles. The number of nitrogens with one attached hydrogen (secondary N) is 1. The zero-order chi connectivity index (χ0) is 26.6. The first-order valence-electron chi connectivity index (χ1n) is 10.7.